The molecule has 0 aliphatic carbocycles. The number of nitrogens with two attached hydrogens (primary N) is 2. The average molecular weight is 283 g/mol. The Morgan fingerprint density at radius 2 is 1.55 bits per heavy atom. The number of rotatable bonds is 5. The van der Waals surface area contributed by atoms with Gasteiger partial charge in [-0.15, -0.1) is 0 Å². The predicted molar refractivity (Wildman–Crippen MR) is 67.7 cm³/mol. The van der Waals surface area contributed by atoms with E-state index in [1.807, 2.05) is 0 Å². The van der Waals surface area contributed by atoms with Crippen molar-refractivity contribution in [3.05, 3.63) is 39.9 Å². The second kappa shape index (κ2) is 8.19. The number of hydrogen-bond acceptors (Lipinski definition) is 5. The first-order valence-electron chi connectivity index (χ1n) is 5.29. The molecule has 0 heterocycles. The number of nitro benzene ring substituents is 1. The van der Waals surface area contributed by atoms with Crippen LogP contribution < -0.4 is 11.5 Å². The topological polar surface area (TPSA) is 167 Å². The van der Waals surface area contributed by atoms with Crippen molar-refractivity contribution in [1.29, 1.82) is 0 Å². The van der Waals surface area contributed by atoms with E-state index < -0.39 is 22.7 Å². The molecule has 1 aromatic rings. The van der Waals surface area contributed by atoms with Crippen molar-refractivity contribution in [2.24, 2.45) is 11.5 Å². The first kappa shape index (κ1) is 17.0. The highest BCUT2D eigenvalue weighted by atomic mass is 16.6. The second-order valence-electron chi connectivity index (χ2n) is 3.51. The molecule has 0 unspecified atom stereocenters. The molecule has 0 radical (unpaired) electrons. The van der Waals surface area contributed by atoms with Crippen molar-refractivity contribution < 1.29 is 24.4 Å². The summed E-state index contributed by atoms with van der Waals surface area (Å²) in [4.78, 5) is 39.8. The normalized spacial score (nSPS) is 9.00. The SMILES string of the molecule is NC(=O)CCC(N)=O.O=C(O)c1ccccc1[N+](=O)[O-]. The Kier molecular flexibility index (Phi) is 6.97. The molecule has 9 nitrogen and oxygen atoms in total. The van der Waals surface area contributed by atoms with E-state index in [9.17, 15) is 24.5 Å². The van der Waals surface area contributed by atoms with Gasteiger partial charge in [-0.2, -0.15) is 0 Å². The summed E-state index contributed by atoms with van der Waals surface area (Å²) in [6, 6.07) is 5.21. The third-order valence-electron chi connectivity index (χ3n) is 1.95. The molecular formula is C11H13N3O6. The molecule has 20 heavy (non-hydrogen) atoms. The van der Waals surface area contributed by atoms with E-state index in [1.54, 1.807) is 0 Å². The fourth-order valence-electron chi connectivity index (χ4n) is 1.06. The Balaban J connectivity index is 0.000000396. The van der Waals surface area contributed by atoms with Crippen LogP contribution in [0.15, 0.2) is 24.3 Å². The number of carbonyl (C=O) groups is 3. The predicted octanol–water partition coefficient (Wildman–Crippen LogP) is 0.0302. The molecule has 9 heteroatoms. The minimum atomic E-state index is -1.29. The van der Waals surface area contributed by atoms with Gasteiger partial charge in [-0.05, 0) is 6.07 Å². The van der Waals surface area contributed by atoms with Gasteiger partial charge >= 0.3 is 5.97 Å². The molecule has 5 N–H and O–H groups in total. The molecule has 0 aromatic heterocycles. The molecule has 0 atom stereocenters. The Morgan fingerprint density at radius 3 is 1.85 bits per heavy atom. The van der Waals surface area contributed by atoms with Gasteiger partial charge in [-0.3, -0.25) is 19.7 Å². The summed E-state index contributed by atoms with van der Waals surface area (Å²) >= 11 is 0. The Labute approximate surface area is 113 Å². The van der Waals surface area contributed by atoms with Crippen LogP contribution in [0.25, 0.3) is 0 Å². The zero-order chi connectivity index (χ0) is 15.7. The van der Waals surface area contributed by atoms with Crippen molar-refractivity contribution in [3.8, 4) is 0 Å². The molecular weight excluding hydrogens is 270 g/mol. The van der Waals surface area contributed by atoms with Crippen molar-refractivity contribution in [2.75, 3.05) is 0 Å². The van der Waals surface area contributed by atoms with Crippen molar-refractivity contribution in [2.45, 2.75) is 12.8 Å². The minimum absolute atomic E-state index is 0.0509. The summed E-state index contributed by atoms with van der Waals surface area (Å²) in [5.41, 5.74) is 8.71. The zero-order valence-corrected chi connectivity index (χ0v) is 10.3. The van der Waals surface area contributed by atoms with Crippen LogP contribution >= 0.6 is 0 Å². The van der Waals surface area contributed by atoms with Crippen LogP contribution in [-0.2, 0) is 9.59 Å². The van der Waals surface area contributed by atoms with Crippen LogP contribution in [0.4, 0.5) is 5.69 Å². The van der Waals surface area contributed by atoms with E-state index in [-0.39, 0.29) is 24.1 Å². The summed E-state index contributed by atoms with van der Waals surface area (Å²) in [6.45, 7) is 0. The van der Waals surface area contributed by atoms with Gasteiger partial charge in [0, 0.05) is 18.9 Å². The third kappa shape index (κ3) is 6.69. The number of para-hydroxylation sites is 1. The minimum Gasteiger partial charge on any atom is -0.477 e. The van der Waals surface area contributed by atoms with Crippen molar-refractivity contribution in [1.82, 2.24) is 0 Å². The molecule has 0 aliphatic heterocycles. The number of nitro groups is 1. The first-order valence-corrected chi connectivity index (χ1v) is 5.29. The summed E-state index contributed by atoms with van der Waals surface area (Å²) in [6.07, 6.45) is 0.102. The van der Waals surface area contributed by atoms with Gasteiger partial charge in [0.15, 0.2) is 0 Å². The van der Waals surface area contributed by atoms with Gasteiger partial charge in [0.25, 0.3) is 5.69 Å². The van der Waals surface area contributed by atoms with Gasteiger partial charge in [0.1, 0.15) is 5.56 Å². The summed E-state index contributed by atoms with van der Waals surface area (Å²) < 4.78 is 0. The van der Waals surface area contributed by atoms with Crippen LogP contribution in [0.1, 0.15) is 23.2 Å². The molecule has 0 bridgehead atoms. The number of primary amides is 2. The Hall–Kier alpha value is -2.97. The van der Waals surface area contributed by atoms with Crippen LogP contribution in [0, 0.1) is 10.1 Å². The number of hydrogen-bond donors (Lipinski definition) is 3. The lowest BCUT2D eigenvalue weighted by atomic mass is 10.2. The monoisotopic (exact) mass is 283 g/mol. The van der Waals surface area contributed by atoms with E-state index >= 15 is 0 Å². The fraction of sp³-hybridized carbons (Fsp3) is 0.182. The highest BCUT2D eigenvalue weighted by molar-refractivity contribution is 5.92. The number of carboxylic acids is 1. The number of carboxylic acid groups (broad SMARTS) is 1. The molecule has 2 amide bonds. The van der Waals surface area contributed by atoms with Crippen LogP contribution in [-0.4, -0.2) is 27.8 Å². The lowest BCUT2D eigenvalue weighted by molar-refractivity contribution is -0.385. The van der Waals surface area contributed by atoms with Crippen LogP contribution in [0.5, 0.6) is 0 Å². The van der Waals surface area contributed by atoms with Crippen LogP contribution in [0.3, 0.4) is 0 Å². The molecule has 0 spiro atoms. The van der Waals surface area contributed by atoms with Gasteiger partial charge in [-0.25, -0.2) is 4.79 Å². The number of amides is 2. The zero-order valence-electron chi connectivity index (χ0n) is 10.3. The number of nitrogens with zero attached hydrogens (tertiary/aromatic N) is 1. The van der Waals surface area contributed by atoms with Crippen molar-refractivity contribution >= 4 is 23.5 Å². The van der Waals surface area contributed by atoms with Gasteiger partial charge < -0.3 is 16.6 Å². The van der Waals surface area contributed by atoms with E-state index in [1.165, 1.54) is 18.2 Å². The standard InChI is InChI=1S/C7H5NO4.C4H8N2O2/c9-7(10)5-3-1-2-4-6(5)8(11)12;5-3(7)1-2-4(6)8/h1-4H,(H,9,10);1-2H2,(H2,5,7)(H2,6,8). The Bertz CT molecular complexity index is 482. The van der Waals surface area contributed by atoms with E-state index in [2.05, 4.69) is 0 Å². The maximum absolute atomic E-state index is 10.4. The van der Waals surface area contributed by atoms with Crippen molar-refractivity contribution in [3.63, 3.8) is 0 Å². The summed E-state index contributed by atoms with van der Waals surface area (Å²) in [7, 11) is 0. The second-order valence-corrected chi connectivity index (χ2v) is 3.51. The quantitative estimate of drug-likeness (QED) is 0.509. The van der Waals surface area contributed by atoms with Crippen LogP contribution in [0.2, 0.25) is 0 Å². The number of carbonyl (C=O) groups excluding carboxylic acids is 2. The maximum atomic E-state index is 10.4. The number of aromatic carboxylic acids is 1. The summed E-state index contributed by atoms with van der Waals surface area (Å²) in [5, 5.41) is 18.8. The van der Waals surface area contributed by atoms with Gasteiger partial charge in [-0.1, -0.05) is 12.1 Å². The largest absolute Gasteiger partial charge is 0.477 e. The lowest BCUT2D eigenvalue weighted by Gasteiger charge is -1.94. The van der Waals surface area contributed by atoms with E-state index in [4.69, 9.17) is 16.6 Å². The van der Waals surface area contributed by atoms with E-state index in [0.717, 1.165) is 6.07 Å². The lowest BCUT2D eigenvalue weighted by Crippen LogP contribution is -2.16. The molecule has 1 aromatic carbocycles. The smallest absolute Gasteiger partial charge is 0.342 e. The molecule has 0 aliphatic rings. The average Bonchev–Trinajstić information content (AvgIpc) is 2.37. The maximum Gasteiger partial charge on any atom is 0.342 e. The fourth-order valence-corrected chi connectivity index (χ4v) is 1.06. The third-order valence-corrected chi connectivity index (χ3v) is 1.95. The molecule has 1 rings (SSSR count). The highest BCUT2D eigenvalue weighted by Crippen LogP contribution is 2.16. The molecule has 108 valence electrons. The highest BCUT2D eigenvalue weighted by Gasteiger charge is 2.17. The van der Waals surface area contributed by atoms with Gasteiger partial charge in [0.2, 0.25) is 11.8 Å². The Morgan fingerprint density at radius 1 is 1.10 bits per heavy atom. The van der Waals surface area contributed by atoms with E-state index in [0.29, 0.717) is 0 Å². The van der Waals surface area contributed by atoms with Gasteiger partial charge in [0.05, 0.1) is 4.92 Å². The molecule has 0 fully saturated rings. The molecule has 0 saturated heterocycles. The summed E-state index contributed by atoms with van der Waals surface area (Å²) in [5.74, 6) is -2.28. The molecule has 0 saturated carbocycles. The number of benzene rings is 1. The first-order chi connectivity index (χ1) is 9.25.